The maximum Gasteiger partial charge on any atom is 0.128 e. The van der Waals surface area contributed by atoms with Crippen LogP contribution in [0.1, 0.15) is 13.8 Å². The first kappa shape index (κ1) is 11.0. The average Bonchev–Trinajstić information content (AvgIpc) is 2.25. The minimum Gasteiger partial charge on any atom is -0.354 e. The van der Waals surface area contributed by atoms with Crippen LogP contribution in [0.4, 0.5) is 0 Å². The van der Waals surface area contributed by atoms with Crippen molar-refractivity contribution in [2.24, 2.45) is 4.99 Å². The van der Waals surface area contributed by atoms with Crippen LogP contribution in [0, 0.1) is 0 Å². The van der Waals surface area contributed by atoms with Gasteiger partial charge in [-0.1, -0.05) is 12.2 Å². The standard InChI is InChI=1S/C11H19N3/c1-3-5-6-11(13-4-2)14-9-7-12-8-10-14/h3-6,12H,7-10H2,1-2H3/b5-3-,11-6+,13-4-. The minimum absolute atomic E-state index is 1.04. The molecule has 0 atom stereocenters. The maximum absolute atomic E-state index is 4.37. The van der Waals surface area contributed by atoms with Crippen molar-refractivity contribution >= 4 is 6.21 Å². The van der Waals surface area contributed by atoms with E-state index in [1.807, 2.05) is 32.2 Å². The molecule has 0 unspecified atom stereocenters. The van der Waals surface area contributed by atoms with Crippen molar-refractivity contribution in [3.63, 3.8) is 0 Å². The van der Waals surface area contributed by atoms with E-state index in [0.717, 1.165) is 32.0 Å². The molecule has 1 saturated heterocycles. The predicted molar refractivity (Wildman–Crippen MR) is 61.5 cm³/mol. The molecule has 0 aromatic carbocycles. The molecular formula is C11H19N3. The summed E-state index contributed by atoms with van der Waals surface area (Å²) >= 11 is 0. The van der Waals surface area contributed by atoms with Crippen LogP contribution in [0.5, 0.6) is 0 Å². The SMILES string of the molecule is C\C=C/C=C(\N=C/C)N1CCNCC1. The number of piperazine rings is 1. The van der Waals surface area contributed by atoms with Gasteiger partial charge in [-0.05, 0) is 19.9 Å². The van der Waals surface area contributed by atoms with E-state index in [1.54, 1.807) is 0 Å². The summed E-state index contributed by atoms with van der Waals surface area (Å²) in [6, 6.07) is 0. The van der Waals surface area contributed by atoms with Gasteiger partial charge in [-0.15, -0.1) is 0 Å². The number of hydrogen-bond donors (Lipinski definition) is 1. The van der Waals surface area contributed by atoms with Crippen LogP contribution in [-0.4, -0.2) is 37.3 Å². The summed E-state index contributed by atoms with van der Waals surface area (Å²) < 4.78 is 0. The van der Waals surface area contributed by atoms with E-state index in [0.29, 0.717) is 0 Å². The molecule has 0 radical (unpaired) electrons. The van der Waals surface area contributed by atoms with Crippen molar-refractivity contribution in [3.8, 4) is 0 Å². The monoisotopic (exact) mass is 193 g/mol. The van der Waals surface area contributed by atoms with Crippen LogP contribution < -0.4 is 5.32 Å². The first-order valence-corrected chi connectivity index (χ1v) is 5.16. The molecule has 0 aromatic heterocycles. The van der Waals surface area contributed by atoms with Crippen molar-refractivity contribution in [2.45, 2.75) is 13.8 Å². The van der Waals surface area contributed by atoms with Gasteiger partial charge in [0.25, 0.3) is 0 Å². The molecule has 1 heterocycles. The lowest BCUT2D eigenvalue weighted by atomic mass is 10.3. The first-order chi connectivity index (χ1) is 6.88. The quantitative estimate of drug-likeness (QED) is 0.542. The fraction of sp³-hybridized carbons (Fsp3) is 0.545. The Bertz CT molecular complexity index is 235. The number of aliphatic imine (C=N–C) groups is 1. The van der Waals surface area contributed by atoms with Crippen LogP contribution in [0.15, 0.2) is 29.0 Å². The number of nitrogens with zero attached hydrogens (tertiary/aromatic N) is 2. The van der Waals surface area contributed by atoms with Gasteiger partial charge in [0.1, 0.15) is 5.82 Å². The summed E-state index contributed by atoms with van der Waals surface area (Å²) in [5, 5.41) is 3.33. The Kier molecular flexibility index (Phi) is 5.00. The first-order valence-electron chi connectivity index (χ1n) is 5.16. The normalized spacial score (nSPS) is 19.9. The van der Waals surface area contributed by atoms with Gasteiger partial charge < -0.3 is 10.2 Å². The van der Waals surface area contributed by atoms with Gasteiger partial charge in [-0.25, -0.2) is 4.99 Å². The van der Waals surface area contributed by atoms with Crippen molar-refractivity contribution in [3.05, 3.63) is 24.0 Å². The summed E-state index contributed by atoms with van der Waals surface area (Å²) in [5.41, 5.74) is 0. The van der Waals surface area contributed by atoms with Crippen molar-refractivity contribution < 1.29 is 0 Å². The Hall–Kier alpha value is -1.09. The number of rotatable bonds is 3. The average molecular weight is 193 g/mol. The van der Waals surface area contributed by atoms with E-state index in [-0.39, 0.29) is 0 Å². The van der Waals surface area contributed by atoms with E-state index in [1.165, 1.54) is 0 Å². The molecule has 3 heteroatoms. The molecule has 1 N–H and O–H groups in total. The van der Waals surface area contributed by atoms with Gasteiger partial charge >= 0.3 is 0 Å². The highest BCUT2D eigenvalue weighted by molar-refractivity contribution is 5.55. The third-order valence-corrected chi connectivity index (χ3v) is 2.14. The molecule has 3 nitrogen and oxygen atoms in total. The van der Waals surface area contributed by atoms with Crippen molar-refractivity contribution in [1.82, 2.24) is 10.2 Å². The zero-order chi connectivity index (χ0) is 10.2. The van der Waals surface area contributed by atoms with Crippen molar-refractivity contribution in [1.29, 1.82) is 0 Å². The zero-order valence-corrected chi connectivity index (χ0v) is 9.03. The molecule has 0 aromatic rings. The lowest BCUT2D eigenvalue weighted by Crippen LogP contribution is -2.42. The smallest absolute Gasteiger partial charge is 0.128 e. The van der Waals surface area contributed by atoms with Crippen LogP contribution in [-0.2, 0) is 0 Å². The number of nitrogens with one attached hydrogen (secondary N) is 1. The van der Waals surface area contributed by atoms with E-state index in [9.17, 15) is 0 Å². The molecule has 0 aliphatic carbocycles. The van der Waals surface area contributed by atoms with Gasteiger partial charge in [0.05, 0.1) is 0 Å². The molecule has 1 fully saturated rings. The molecule has 1 aliphatic heterocycles. The van der Waals surface area contributed by atoms with Gasteiger partial charge in [-0.2, -0.15) is 0 Å². The van der Waals surface area contributed by atoms with Gasteiger partial charge in [0, 0.05) is 32.4 Å². The maximum atomic E-state index is 4.37. The lowest BCUT2D eigenvalue weighted by molar-refractivity contribution is 0.297. The van der Waals surface area contributed by atoms with E-state index in [4.69, 9.17) is 0 Å². The second kappa shape index (κ2) is 6.38. The largest absolute Gasteiger partial charge is 0.354 e. The second-order valence-electron chi connectivity index (χ2n) is 3.17. The molecule has 14 heavy (non-hydrogen) atoms. The number of allylic oxidation sites excluding steroid dienone is 3. The van der Waals surface area contributed by atoms with Crippen LogP contribution in [0.3, 0.4) is 0 Å². The highest BCUT2D eigenvalue weighted by Gasteiger charge is 2.10. The van der Waals surface area contributed by atoms with Gasteiger partial charge in [-0.3, -0.25) is 0 Å². The predicted octanol–water partition coefficient (Wildman–Crippen LogP) is 1.40. The van der Waals surface area contributed by atoms with Crippen LogP contribution >= 0.6 is 0 Å². The molecule has 1 aliphatic rings. The highest BCUT2D eigenvalue weighted by atomic mass is 15.2. The topological polar surface area (TPSA) is 27.6 Å². The minimum atomic E-state index is 1.04. The Labute approximate surface area is 86.2 Å². The Morgan fingerprint density at radius 2 is 2.00 bits per heavy atom. The fourth-order valence-corrected chi connectivity index (χ4v) is 1.44. The molecular weight excluding hydrogens is 174 g/mol. The van der Waals surface area contributed by atoms with E-state index < -0.39 is 0 Å². The van der Waals surface area contributed by atoms with Crippen LogP contribution in [0.25, 0.3) is 0 Å². The summed E-state index contributed by atoms with van der Waals surface area (Å²) in [4.78, 5) is 6.67. The third-order valence-electron chi connectivity index (χ3n) is 2.14. The highest BCUT2D eigenvalue weighted by Crippen LogP contribution is 2.07. The molecule has 0 spiro atoms. The molecule has 0 amide bonds. The summed E-state index contributed by atoms with van der Waals surface area (Å²) in [6.07, 6.45) is 7.96. The second-order valence-corrected chi connectivity index (χ2v) is 3.17. The zero-order valence-electron chi connectivity index (χ0n) is 9.03. The Morgan fingerprint density at radius 3 is 2.57 bits per heavy atom. The molecule has 0 bridgehead atoms. The van der Waals surface area contributed by atoms with Crippen molar-refractivity contribution in [2.75, 3.05) is 26.2 Å². The summed E-state index contributed by atoms with van der Waals surface area (Å²) in [5.74, 6) is 1.06. The lowest BCUT2D eigenvalue weighted by Gasteiger charge is -2.29. The molecule has 0 saturated carbocycles. The summed E-state index contributed by atoms with van der Waals surface area (Å²) in [6.45, 7) is 8.15. The Balaban J connectivity index is 2.65. The number of hydrogen-bond acceptors (Lipinski definition) is 3. The van der Waals surface area contributed by atoms with E-state index >= 15 is 0 Å². The third kappa shape index (κ3) is 3.34. The Morgan fingerprint density at radius 1 is 1.29 bits per heavy atom. The van der Waals surface area contributed by atoms with Gasteiger partial charge in [0.2, 0.25) is 0 Å². The molecule has 1 rings (SSSR count). The van der Waals surface area contributed by atoms with E-state index in [2.05, 4.69) is 21.3 Å². The van der Waals surface area contributed by atoms with Crippen LogP contribution in [0.2, 0.25) is 0 Å². The molecule has 78 valence electrons. The summed E-state index contributed by atoms with van der Waals surface area (Å²) in [7, 11) is 0. The van der Waals surface area contributed by atoms with Gasteiger partial charge in [0.15, 0.2) is 0 Å². The fourth-order valence-electron chi connectivity index (χ4n) is 1.44.